The van der Waals surface area contributed by atoms with E-state index >= 15 is 0 Å². The first-order valence-corrected chi connectivity index (χ1v) is 6.77. The van der Waals surface area contributed by atoms with Gasteiger partial charge in [0.25, 0.3) is 0 Å². The Morgan fingerprint density at radius 3 is 2.53 bits per heavy atom. The largest absolute Gasteiger partial charge is 0.480 e. The Morgan fingerprint density at radius 1 is 1.60 bits per heavy atom. The van der Waals surface area contributed by atoms with Gasteiger partial charge in [-0.3, -0.25) is 10.1 Å². The molecule has 0 spiro atoms. The molecule has 3 nitrogen and oxygen atoms in total. The van der Waals surface area contributed by atoms with Crippen molar-refractivity contribution in [1.82, 2.24) is 5.32 Å². The maximum atomic E-state index is 11.5. The number of hydrogen-bond acceptors (Lipinski definition) is 3. The highest BCUT2D eigenvalue weighted by Gasteiger charge is 2.51. The van der Waals surface area contributed by atoms with Crippen molar-refractivity contribution in [2.45, 2.75) is 45.2 Å². The molecule has 1 aliphatic carbocycles. The predicted molar refractivity (Wildman–Crippen MR) is 64.4 cm³/mol. The molecule has 88 valence electrons. The van der Waals surface area contributed by atoms with Crippen molar-refractivity contribution in [3.8, 4) is 0 Å². The Hall–Kier alpha value is -0.220. The number of rotatable bonds is 7. The van der Waals surface area contributed by atoms with E-state index < -0.39 is 11.5 Å². The molecule has 0 aliphatic heterocycles. The zero-order valence-electron chi connectivity index (χ0n) is 9.75. The Morgan fingerprint density at radius 2 is 2.20 bits per heavy atom. The smallest absolute Gasteiger partial charge is 0.325 e. The highest BCUT2D eigenvalue weighted by molar-refractivity contribution is 7.99. The molecule has 0 saturated heterocycles. The molecule has 1 unspecified atom stereocenters. The highest BCUT2D eigenvalue weighted by Crippen LogP contribution is 2.42. The molecule has 1 fully saturated rings. The average molecular weight is 231 g/mol. The van der Waals surface area contributed by atoms with Crippen molar-refractivity contribution >= 4 is 17.7 Å². The van der Waals surface area contributed by atoms with Crippen LogP contribution in [0.3, 0.4) is 0 Å². The fourth-order valence-corrected chi connectivity index (χ4v) is 2.90. The van der Waals surface area contributed by atoms with Crippen molar-refractivity contribution in [2.75, 3.05) is 11.5 Å². The maximum Gasteiger partial charge on any atom is 0.325 e. The van der Waals surface area contributed by atoms with E-state index in [1.807, 2.05) is 13.8 Å². The summed E-state index contributed by atoms with van der Waals surface area (Å²) in [6.45, 7) is 6.09. The minimum Gasteiger partial charge on any atom is -0.480 e. The molecule has 0 heterocycles. The molecule has 0 radical (unpaired) electrons. The Balaban J connectivity index is 2.73. The minimum absolute atomic E-state index is 0.221. The molecule has 0 bridgehead atoms. The summed E-state index contributed by atoms with van der Waals surface area (Å²) in [6, 6.07) is 0.221. The summed E-state index contributed by atoms with van der Waals surface area (Å²) < 4.78 is 0. The summed E-state index contributed by atoms with van der Waals surface area (Å²) in [5, 5.41) is 12.7. The van der Waals surface area contributed by atoms with Crippen LogP contribution in [0.4, 0.5) is 0 Å². The van der Waals surface area contributed by atoms with E-state index in [-0.39, 0.29) is 6.04 Å². The molecule has 0 aromatic carbocycles. The third kappa shape index (κ3) is 3.11. The third-order valence-corrected chi connectivity index (χ3v) is 3.80. The van der Waals surface area contributed by atoms with Crippen LogP contribution in [0.2, 0.25) is 0 Å². The standard InChI is InChI=1S/C11H21NO2S/c1-4-15-7-11(10(13)14,9-5-6-9)12-8(2)3/h8-9,12H,4-7H2,1-3H3,(H,13,14). The summed E-state index contributed by atoms with van der Waals surface area (Å²) in [5.41, 5.74) is -0.686. The van der Waals surface area contributed by atoms with Gasteiger partial charge in [0.05, 0.1) is 0 Å². The molecule has 1 aliphatic rings. The Kier molecular flexibility index (Phi) is 4.46. The summed E-state index contributed by atoms with van der Waals surface area (Å²) >= 11 is 1.71. The second kappa shape index (κ2) is 5.21. The van der Waals surface area contributed by atoms with Gasteiger partial charge in [0.1, 0.15) is 5.54 Å². The first-order chi connectivity index (χ1) is 7.03. The average Bonchev–Trinajstić information content (AvgIpc) is 2.94. The monoisotopic (exact) mass is 231 g/mol. The lowest BCUT2D eigenvalue weighted by atomic mass is 9.94. The van der Waals surface area contributed by atoms with Crippen LogP contribution in [0.25, 0.3) is 0 Å². The van der Waals surface area contributed by atoms with Gasteiger partial charge in [-0.25, -0.2) is 0 Å². The SMILES string of the molecule is CCSCC(NC(C)C)(C(=O)O)C1CC1. The van der Waals surface area contributed by atoms with Crippen LogP contribution in [0.15, 0.2) is 0 Å². The third-order valence-electron chi connectivity index (χ3n) is 2.74. The van der Waals surface area contributed by atoms with E-state index in [4.69, 9.17) is 0 Å². The lowest BCUT2D eigenvalue weighted by Gasteiger charge is -2.32. The van der Waals surface area contributed by atoms with Gasteiger partial charge in [-0.2, -0.15) is 11.8 Å². The van der Waals surface area contributed by atoms with E-state index in [9.17, 15) is 9.90 Å². The van der Waals surface area contributed by atoms with Crippen LogP contribution in [0.5, 0.6) is 0 Å². The second-order valence-electron chi connectivity index (χ2n) is 4.49. The van der Waals surface area contributed by atoms with Crippen molar-refractivity contribution < 1.29 is 9.90 Å². The van der Waals surface area contributed by atoms with Gasteiger partial charge in [-0.05, 0) is 38.4 Å². The number of hydrogen-bond donors (Lipinski definition) is 2. The molecule has 0 aromatic heterocycles. The van der Waals surface area contributed by atoms with E-state index in [1.54, 1.807) is 11.8 Å². The topological polar surface area (TPSA) is 49.3 Å². The molecule has 1 saturated carbocycles. The summed E-state index contributed by atoms with van der Waals surface area (Å²) in [5.74, 6) is 1.31. The molecular weight excluding hydrogens is 210 g/mol. The highest BCUT2D eigenvalue weighted by atomic mass is 32.2. The van der Waals surface area contributed by atoms with Crippen LogP contribution >= 0.6 is 11.8 Å². The summed E-state index contributed by atoms with van der Waals surface area (Å²) in [7, 11) is 0. The second-order valence-corrected chi connectivity index (χ2v) is 5.76. The molecule has 4 heteroatoms. The summed E-state index contributed by atoms with van der Waals surface area (Å²) in [4.78, 5) is 11.5. The zero-order chi connectivity index (χ0) is 11.5. The van der Waals surface area contributed by atoms with Gasteiger partial charge in [0, 0.05) is 11.8 Å². The molecular formula is C11H21NO2S. The number of carboxylic acid groups (broad SMARTS) is 1. The van der Waals surface area contributed by atoms with E-state index in [0.29, 0.717) is 11.7 Å². The van der Waals surface area contributed by atoms with Crippen LogP contribution in [0.1, 0.15) is 33.6 Å². The lowest BCUT2D eigenvalue weighted by Crippen LogP contribution is -2.58. The van der Waals surface area contributed by atoms with Crippen molar-refractivity contribution in [1.29, 1.82) is 0 Å². The molecule has 1 rings (SSSR count). The zero-order valence-corrected chi connectivity index (χ0v) is 10.6. The molecule has 15 heavy (non-hydrogen) atoms. The van der Waals surface area contributed by atoms with Crippen LogP contribution in [-0.4, -0.2) is 34.2 Å². The van der Waals surface area contributed by atoms with Crippen LogP contribution < -0.4 is 5.32 Å². The molecule has 1 atom stereocenters. The van der Waals surface area contributed by atoms with E-state index in [2.05, 4.69) is 12.2 Å². The van der Waals surface area contributed by atoms with Gasteiger partial charge in [-0.15, -0.1) is 0 Å². The quantitative estimate of drug-likeness (QED) is 0.703. The Bertz CT molecular complexity index is 229. The fourth-order valence-electron chi connectivity index (χ4n) is 1.93. The Labute approximate surface area is 96.0 Å². The van der Waals surface area contributed by atoms with Gasteiger partial charge in [0.2, 0.25) is 0 Å². The van der Waals surface area contributed by atoms with Crippen molar-refractivity contribution in [3.63, 3.8) is 0 Å². The first kappa shape index (κ1) is 12.8. The minimum atomic E-state index is -0.686. The lowest BCUT2D eigenvalue weighted by molar-refractivity contribution is -0.145. The normalized spacial score (nSPS) is 20.3. The fraction of sp³-hybridized carbons (Fsp3) is 0.909. The maximum absolute atomic E-state index is 11.5. The predicted octanol–water partition coefficient (Wildman–Crippen LogP) is 1.97. The molecule has 0 amide bonds. The van der Waals surface area contributed by atoms with Gasteiger partial charge in [0.15, 0.2) is 0 Å². The van der Waals surface area contributed by atoms with Crippen LogP contribution in [-0.2, 0) is 4.79 Å². The first-order valence-electron chi connectivity index (χ1n) is 5.61. The number of carboxylic acids is 1. The van der Waals surface area contributed by atoms with Crippen molar-refractivity contribution in [3.05, 3.63) is 0 Å². The molecule has 2 N–H and O–H groups in total. The van der Waals surface area contributed by atoms with Crippen molar-refractivity contribution in [2.24, 2.45) is 5.92 Å². The van der Waals surface area contributed by atoms with Gasteiger partial charge < -0.3 is 5.11 Å². The van der Waals surface area contributed by atoms with E-state index in [1.165, 1.54) is 0 Å². The number of thioether (sulfide) groups is 1. The number of aliphatic carboxylic acids is 1. The van der Waals surface area contributed by atoms with Gasteiger partial charge in [-0.1, -0.05) is 6.92 Å². The van der Waals surface area contributed by atoms with Gasteiger partial charge >= 0.3 is 5.97 Å². The van der Waals surface area contributed by atoms with Crippen LogP contribution in [0, 0.1) is 5.92 Å². The van der Waals surface area contributed by atoms with E-state index in [0.717, 1.165) is 18.6 Å². The number of carbonyl (C=O) groups is 1. The summed E-state index contributed by atoms with van der Waals surface area (Å²) in [6.07, 6.45) is 2.10. The molecule has 0 aromatic rings. The number of nitrogens with one attached hydrogen (secondary N) is 1.